The maximum atomic E-state index is 12.7. The molecule has 0 spiro atoms. The molecular formula is C24H31N3O4. The Morgan fingerprint density at radius 3 is 2.23 bits per heavy atom. The van der Waals surface area contributed by atoms with Crippen LogP contribution in [0.2, 0.25) is 0 Å². The third-order valence-electron chi connectivity index (χ3n) is 5.76. The van der Waals surface area contributed by atoms with Crippen LogP contribution in [0.4, 0.5) is 4.79 Å². The number of carbonyl (C=O) groups is 2. The standard InChI is InChI=1S/C24H31N3O4/c1-31-24(30)27-14-12-26(13-15-27)23(29)20-8-6-18(7-9-20)16-22(28)11-10-19-4-2-3-5-21(19)17-25/h2-9,22,28H,10-17,25H2,1H3. The Bertz CT molecular complexity index is 877. The van der Waals surface area contributed by atoms with E-state index in [1.54, 1.807) is 21.9 Å². The van der Waals surface area contributed by atoms with Crippen LogP contribution in [0, 0.1) is 0 Å². The molecule has 0 radical (unpaired) electrons. The fraction of sp³-hybridized carbons (Fsp3) is 0.417. The van der Waals surface area contributed by atoms with Gasteiger partial charge in [0.2, 0.25) is 0 Å². The van der Waals surface area contributed by atoms with Gasteiger partial charge in [0.1, 0.15) is 0 Å². The summed E-state index contributed by atoms with van der Waals surface area (Å²) in [5.41, 5.74) is 9.68. The number of nitrogens with zero attached hydrogens (tertiary/aromatic N) is 2. The third-order valence-corrected chi connectivity index (χ3v) is 5.76. The summed E-state index contributed by atoms with van der Waals surface area (Å²) >= 11 is 0. The summed E-state index contributed by atoms with van der Waals surface area (Å²) in [6.07, 6.45) is 1.15. The van der Waals surface area contributed by atoms with E-state index in [1.807, 2.05) is 30.3 Å². The highest BCUT2D eigenvalue weighted by molar-refractivity contribution is 5.94. The van der Waals surface area contributed by atoms with Gasteiger partial charge in [0.25, 0.3) is 5.91 Å². The first-order valence-corrected chi connectivity index (χ1v) is 10.7. The highest BCUT2D eigenvalue weighted by Gasteiger charge is 2.25. The van der Waals surface area contributed by atoms with Gasteiger partial charge in [-0.15, -0.1) is 0 Å². The molecule has 0 saturated carbocycles. The lowest BCUT2D eigenvalue weighted by Gasteiger charge is -2.33. The van der Waals surface area contributed by atoms with Crippen molar-refractivity contribution in [2.75, 3.05) is 33.3 Å². The number of methoxy groups -OCH3 is 1. The van der Waals surface area contributed by atoms with Gasteiger partial charge in [-0.25, -0.2) is 4.79 Å². The maximum Gasteiger partial charge on any atom is 0.409 e. The van der Waals surface area contributed by atoms with Crippen molar-refractivity contribution in [2.24, 2.45) is 5.73 Å². The van der Waals surface area contributed by atoms with Crippen LogP contribution in [0.3, 0.4) is 0 Å². The molecule has 1 fully saturated rings. The number of carbonyl (C=O) groups excluding carboxylic acids is 2. The predicted octanol–water partition coefficient (Wildman–Crippen LogP) is 2.21. The number of ether oxygens (including phenoxy) is 1. The number of nitrogens with two attached hydrogens (primary N) is 1. The molecule has 7 heteroatoms. The van der Waals surface area contributed by atoms with Crippen LogP contribution in [-0.2, 0) is 24.1 Å². The van der Waals surface area contributed by atoms with Crippen LogP contribution in [0.1, 0.15) is 33.5 Å². The van der Waals surface area contributed by atoms with Gasteiger partial charge in [-0.05, 0) is 48.1 Å². The topological polar surface area (TPSA) is 96.1 Å². The number of benzene rings is 2. The van der Waals surface area contributed by atoms with E-state index in [0.29, 0.717) is 51.1 Å². The second kappa shape index (κ2) is 10.9. The molecule has 3 rings (SSSR count). The van der Waals surface area contributed by atoms with Gasteiger partial charge in [-0.3, -0.25) is 4.79 Å². The summed E-state index contributed by atoms with van der Waals surface area (Å²) in [7, 11) is 1.36. The molecule has 166 valence electrons. The third kappa shape index (κ3) is 6.06. The fourth-order valence-electron chi connectivity index (χ4n) is 3.88. The van der Waals surface area contributed by atoms with E-state index in [2.05, 4.69) is 6.07 Å². The Hall–Kier alpha value is -2.90. The van der Waals surface area contributed by atoms with Crippen LogP contribution >= 0.6 is 0 Å². The van der Waals surface area contributed by atoms with Gasteiger partial charge < -0.3 is 25.4 Å². The van der Waals surface area contributed by atoms with Gasteiger partial charge in [-0.1, -0.05) is 36.4 Å². The van der Waals surface area contributed by atoms with E-state index in [1.165, 1.54) is 12.7 Å². The highest BCUT2D eigenvalue weighted by Crippen LogP contribution is 2.16. The van der Waals surface area contributed by atoms with Gasteiger partial charge in [0, 0.05) is 38.3 Å². The molecule has 1 unspecified atom stereocenters. The number of piperazine rings is 1. The summed E-state index contributed by atoms with van der Waals surface area (Å²) in [5, 5.41) is 10.5. The van der Waals surface area contributed by atoms with E-state index >= 15 is 0 Å². The van der Waals surface area contributed by atoms with Crippen molar-refractivity contribution in [1.82, 2.24) is 9.80 Å². The number of amides is 2. The molecule has 1 aliphatic rings. The molecule has 2 aromatic carbocycles. The van der Waals surface area contributed by atoms with Gasteiger partial charge in [0.05, 0.1) is 13.2 Å². The molecule has 3 N–H and O–H groups in total. The highest BCUT2D eigenvalue weighted by atomic mass is 16.5. The Morgan fingerprint density at radius 2 is 1.61 bits per heavy atom. The lowest BCUT2D eigenvalue weighted by atomic mass is 9.98. The Balaban J connectivity index is 1.49. The van der Waals surface area contributed by atoms with Gasteiger partial charge in [0.15, 0.2) is 0 Å². The second-order valence-electron chi connectivity index (χ2n) is 7.82. The molecule has 0 aliphatic carbocycles. The van der Waals surface area contributed by atoms with Crippen LogP contribution in [0.15, 0.2) is 48.5 Å². The lowest BCUT2D eigenvalue weighted by molar-refractivity contribution is 0.0599. The van der Waals surface area contributed by atoms with Crippen molar-refractivity contribution >= 4 is 12.0 Å². The first-order chi connectivity index (χ1) is 15.0. The summed E-state index contributed by atoms with van der Waals surface area (Å²) in [6, 6.07) is 15.5. The van der Waals surface area contributed by atoms with Crippen molar-refractivity contribution in [1.29, 1.82) is 0 Å². The summed E-state index contributed by atoms with van der Waals surface area (Å²) in [4.78, 5) is 27.6. The Morgan fingerprint density at radius 1 is 1.00 bits per heavy atom. The second-order valence-corrected chi connectivity index (χ2v) is 7.82. The van der Waals surface area contributed by atoms with E-state index < -0.39 is 6.10 Å². The molecule has 2 aromatic rings. The molecule has 31 heavy (non-hydrogen) atoms. The molecular weight excluding hydrogens is 394 g/mol. The zero-order valence-electron chi connectivity index (χ0n) is 18.0. The van der Waals surface area contributed by atoms with Crippen LogP contribution < -0.4 is 5.73 Å². The van der Waals surface area contributed by atoms with Crippen molar-refractivity contribution in [3.8, 4) is 0 Å². The number of aliphatic hydroxyl groups excluding tert-OH is 1. The monoisotopic (exact) mass is 425 g/mol. The van der Waals surface area contributed by atoms with Crippen molar-refractivity contribution in [3.05, 3.63) is 70.8 Å². The lowest BCUT2D eigenvalue weighted by Crippen LogP contribution is -2.50. The average Bonchev–Trinajstić information content (AvgIpc) is 2.82. The molecule has 1 aliphatic heterocycles. The molecule has 1 heterocycles. The Labute approximate surface area is 183 Å². The summed E-state index contributed by atoms with van der Waals surface area (Å²) in [6.45, 7) is 2.41. The largest absolute Gasteiger partial charge is 0.453 e. The van der Waals surface area contributed by atoms with Crippen LogP contribution in [-0.4, -0.2) is 66.3 Å². The number of aliphatic hydroxyl groups is 1. The summed E-state index contributed by atoms with van der Waals surface area (Å²) in [5.74, 6) is -0.0463. The van der Waals surface area contributed by atoms with E-state index in [4.69, 9.17) is 10.5 Å². The van der Waals surface area contributed by atoms with Crippen molar-refractivity contribution < 1.29 is 19.4 Å². The fourth-order valence-corrected chi connectivity index (χ4v) is 3.88. The van der Waals surface area contributed by atoms with E-state index in [9.17, 15) is 14.7 Å². The molecule has 7 nitrogen and oxygen atoms in total. The van der Waals surface area contributed by atoms with Crippen LogP contribution in [0.5, 0.6) is 0 Å². The van der Waals surface area contributed by atoms with Gasteiger partial charge >= 0.3 is 6.09 Å². The minimum atomic E-state index is -0.459. The smallest absolute Gasteiger partial charge is 0.409 e. The van der Waals surface area contributed by atoms with E-state index in [-0.39, 0.29) is 12.0 Å². The average molecular weight is 426 g/mol. The minimum absolute atomic E-state index is 0.0463. The first-order valence-electron chi connectivity index (χ1n) is 10.7. The minimum Gasteiger partial charge on any atom is -0.453 e. The maximum absolute atomic E-state index is 12.7. The first kappa shape index (κ1) is 22.8. The molecule has 1 atom stereocenters. The number of hydrogen-bond acceptors (Lipinski definition) is 5. The number of hydrogen-bond donors (Lipinski definition) is 2. The number of aryl methyl sites for hydroxylation is 1. The van der Waals surface area contributed by atoms with Crippen LogP contribution in [0.25, 0.3) is 0 Å². The zero-order valence-corrected chi connectivity index (χ0v) is 18.0. The molecule has 0 aromatic heterocycles. The number of rotatable bonds is 7. The van der Waals surface area contributed by atoms with Crippen molar-refractivity contribution in [2.45, 2.75) is 31.9 Å². The quantitative estimate of drug-likeness (QED) is 0.709. The summed E-state index contributed by atoms with van der Waals surface area (Å²) < 4.78 is 4.73. The van der Waals surface area contributed by atoms with Crippen molar-refractivity contribution in [3.63, 3.8) is 0 Å². The Kier molecular flexibility index (Phi) is 8.03. The van der Waals surface area contributed by atoms with E-state index in [0.717, 1.165) is 17.5 Å². The predicted molar refractivity (Wildman–Crippen MR) is 119 cm³/mol. The zero-order chi connectivity index (χ0) is 22.2. The molecule has 2 amide bonds. The van der Waals surface area contributed by atoms with Gasteiger partial charge in [-0.2, -0.15) is 0 Å². The molecule has 1 saturated heterocycles. The SMILES string of the molecule is COC(=O)N1CCN(C(=O)c2ccc(CC(O)CCc3ccccc3CN)cc2)CC1. The normalized spacial score (nSPS) is 14.9. The molecule has 0 bridgehead atoms.